The Bertz CT molecular complexity index is 332. The summed E-state index contributed by atoms with van der Waals surface area (Å²) in [5, 5.41) is 3.28. The highest BCUT2D eigenvalue weighted by atomic mass is 17.0. The molecule has 0 aromatic carbocycles. The van der Waals surface area contributed by atoms with Crippen LogP contribution >= 0.6 is 0 Å². The lowest BCUT2D eigenvalue weighted by Gasteiger charge is -2.28. The van der Waals surface area contributed by atoms with Gasteiger partial charge in [-0.2, -0.15) is 0 Å². The lowest BCUT2D eigenvalue weighted by Crippen LogP contribution is -2.47. The number of hydroxylamine groups is 2. The summed E-state index contributed by atoms with van der Waals surface area (Å²) < 4.78 is 0. The number of nitrogens with zero attached hydrogens (tertiary/aromatic N) is 1. The molecule has 6 heteroatoms. The van der Waals surface area contributed by atoms with Crippen LogP contribution in [0.15, 0.2) is 0 Å². The number of carbonyl (C=O) groups is 2. The first-order valence-electron chi connectivity index (χ1n) is 6.55. The van der Waals surface area contributed by atoms with Gasteiger partial charge in [0, 0.05) is 5.54 Å². The second-order valence-electron chi connectivity index (χ2n) is 6.63. The third-order valence-electron chi connectivity index (χ3n) is 2.56. The maximum absolute atomic E-state index is 11.7. The summed E-state index contributed by atoms with van der Waals surface area (Å²) in [5.74, 6) is 0.684. The van der Waals surface area contributed by atoms with Crippen LogP contribution in [0.5, 0.6) is 0 Å². The van der Waals surface area contributed by atoms with Gasteiger partial charge < -0.3 is 5.32 Å². The Kier molecular flexibility index (Phi) is 4.79. The Hall–Kier alpha value is -1.30. The van der Waals surface area contributed by atoms with Crippen LogP contribution in [0.3, 0.4) is 0 Å². The van der Waals surface area contributed by atoms with E-state index in [0.717, 1.165) is 6.42 Å². The molecule has 0 heterocycles. The standard InChI is InChI=1S/C13H24N2O4/c1-12(2,3)19-15(9-16)18-11(17)14-13(4,5)8-10-6-7-10/h9-10H,6-8H2,1-5H3,(H,14,17). The summed E-state index contributed by atoms with van der Waals surface area (Å²) in [6.45, 7) is 9.12. The summed E-state index contributed by atoms with van der Waals surface area (Å²) in [5.41, 5.74) is -0.973. The Labute approximate surface area is 114 Å². The fourth-order valence-corrected chi connectivity index (χ4v) is 1.81. The first kappa shape index (κ1) is 15.8. The average molecular weight is 272 g/mol. The normalized spacial score (nSPS) is 15.8. The van der Waals surface area contributed by atoms with E-state index in [1.165, 1.54) is 12.8 Å². The van der Waals surface area contributed by atoms with E-state index < -0.39 is 11.7 Å². The lowest BCUT2D eigenvalue weighted by molar-refractivity contribution is -0.339. The maximum atomic E-state index is 11.7. The van der Waals surface area contributed by atoms with Crippen molar-refractivity contribution in [3.8, 4) is 0 Å². The van der Waals surface area contributed by atoms with Gasteiger partial charge in [0.25, 0.3) is 6.41 Å². The minimum absolute atomic E-state index is 0.318. The fourth-order valence-electron chi connectivity index (χ4n) is 1.81. The second-order valence-corrected chi connectivity index (χ2v) is 6.63. The fraction of sp³-hybridized carbons (Fsp3) is 0.846. The van der Waals surface area contributed by atoms with Gasteiger partial charge in [-0.25, -0.2) is 9.63 Å². The molecular formula is C13H24N2O4. The summed E-state index contributed by atoms with van der Waals surface area (Å²) in [4.78, 5) is 32.4. The van der Waals surface area contributed by atoms with Gasteiger partial charge in [0.05, 0.1) is 5.60 Å². The molecule has 1 saturated carbocycles. The minimum Gasteiger partial charge on any atom is -0.315 e. The Morgan fingerprint density at radius 3 is 2.32 bits per heavy atom. The van der Waals surface area contributed by atoms with E-state index in [2.05, 4.69) is 5.32 Å². The summed E-state index contributed by atoms with van der Waals surface area (Å²) in [6, 6.07) is 0. The number of amides is 2. The van der Waals surface area contributed by atoms with Crippen molar-refractivity contribution < 1.29 is 19.3 Å². The molecule has 110 valence electrons. The van der Waals surface area contributed by atoms with Gasteiger partial charge >= 0.3 is 6.09 Å². The van der Waals surface area contributed by atoms with Gasteiger partial charge in [0.2, 0.25) is 0 Å². The highest BCUT2D eigenvalue weighted by Crippen LogP contribution is 2.36. The third-order valence-corrected chi connectivity index (χ3v) is 2.56. The zero-order valence-electron chi connectivity index (χ0n) is 12.4. The molecule has 0 aliphatic heterocycles. The molecule has 1 N–H and O–H groups in total. The molecule has 0 atom stereocenters. The van der Waals surface area contributed by atoms with Crippen LogP contribution < -0.4 is 5.32 Å². The number of hydrogen-bond acceptors (Lipinski definition) is 4. The quantitative estimate of drug-likeness (QED) is 0.595. The van der Waals surface area contributed by atoms with Crippen molar-refractivity contribution in [2.45, 2.75) is 65.0 Å². The van der Waals surface area contributed by atoms with E-state index in [9.17, 15) is 9.59 Å². The molecule has 1 rings (SSSR count). The van der Waals surface area contributed by atoms with Crippen LogP contribution in [0.4, 0.5) is 4.79 Å². The molecule has 1 fully saturated rings. The molecule has 0 bridgehead atoms. The van der Waals surface area contributed by atoms with Crippen LogP contribution in [0.2, 0.25) is 0 Å². The highest BCUT2D eigenvalue weighted by molar-refractivity contribution is 5.68. The maximum Gasteiger partial charge on any atom is 0.434 e. The summed E-state index contributed by atoms with van der Waals surface area (Å²) in [7, 11) is 0. The van der Waals surface area contributed by atoms with Crippen LogP contribution in [0, 0.1) is 5.92 Å². The Balaban J connectivity index is 2.41. The Morgan fingerprint density at radius 1 is 1.32 bits per heavy atom. The third kappa shape index (κ3) is 7.00. The molecule has 0 spiro atoms. The van der Waals surface area contributed by atoms with Crippen molar-refractivity contribution in [2.24, 2.45) is 5.92 Å². The molecule has 0 saturated heterocycles. The van der Waals surface area contributed by atoms with E-state index in [1.807, 2.05) is 13.8 Å². The monoisotopic (exact) mass is 272 g/mol. The van der Waals surface area contributed by atoms with Gasteiger partial charge in [0.15, 0.2) is 0 Å². The van der Waals surface area contributed by atoms with Gasteiger partial charge in [-0.1, -0.05) is 12.8 Å². The van der Waals surface area contributed by atoms with Gasteiger partial charge in [-0.15, -0.1) is 0 Å². The minimum atomic E-state index is -0.693. The van der Waals surface area contributed by atoms with Crippen LogP contribution in [0.25, 0.3) is 0 Å². The number of hydrogen-bond donors (Lipinski definition) is 1. The smallest absolute Gasteiger partial charge is 0.315 e. The number of carbonyl (C=O) groups excluding carboxylic acids is 2. The molecule has 0 unspecified atom stereocenters. The van der Waals surface area contributed by atoms with Crippen molar-refractivity contribution in [3.63, 3.8) is 0 Å². The SMILES string of the molecule is CC(C)(CC1CC1)NC(=O)ON(C=O)OC(C)(C)C. The molecule has 6 nitrogen and oxygen atoms in total. The first-order valence-corrected chi connectivity index (χ1v) is 6.55. The Morgan fingerprint density at radius 2 is 1.89 bits per heavy atom. The van der Waals surface area contributed by atoms with E-state index in [-0.39, 0.29) is 5.54 Å². The van der Waals surface area contributed by atoms with E-state index in [4.69, 9.17) is 9.68 Å². The zero-order valence-corrected chi connectivity index (χ0v) is 12.4. The van der Waals surface area contributed by atoms with Crippen LogP contribution in [0.1, 0.15) is 53.9 Å². The van der Waals surface area contributed by atoms with Gasteiger partial charge in [0.1, 0.15) is 0 Å². The molecule has 1 aliphatic rings. The van der Waals surface area contributed by atoms with Crippen molar-refractivity contribution in [3.05, 3.63) is 0 Å². The number of rotatable bonds is 6. The molecule has 0 radical (unpaired) electrons. The van der Waals surface area contributed by atoms with Crippen molar-refractivity contribution in [2.75, 3.05) is 0 Å². The van der Waals surface area contributed by atoms with Crippen molar-refractivity contribution in [1.82, 2.24) is 10.5 Å². The first-order chi connectivity index (χ1) is 8.61. The molecule has 19 heavy (non-hydrogen) atoms. The molecule has 2 amide bonds. The average Bonchev–Trinajstić information content (AvgIpc) is 2.96. The molecule has 0 aromatic heterocycles. The summed E-state index contributed by atoms with van der Waals surface area (Å²) in [6.07, 6.45) is 2.96. The largest absolute Gasteiger partial charge is 0.434 e. The summed E-state index contributed by atoms with van der Waals surface area (Å²) >= 11 is 0. The predicted octanol–water partition coefficient (Wildman–Crippen LogP) is 2.39. The molecular weight excluding hydrogens is 248 g/mol. The molecule has 0 aromatic rings. The topological polar surface area (TPSA) is 67.9 Å². The van der Waals surface area contributed by atoms with E-state index in [1.54, 1.807) is 20.8 Å². The lowest BCUT2D eigenvalue weighted by atomic mass is 9.98. The van der Waals surface area contributed by atoms with Gasteiger partial charge in [-0.05, 0) is 52.2 Å². The molecule has 1 aliphatic carbocycles. The predicted molar refractivity (Wildman–Crippen MR) is 69.8 cm³/mol. The van der Waals surface area contributed by atoms with Crippen LogP contribution in [-0.2, 0) is 14.5 Å². The van der Waals surface area contributed by atoms with Crippen LogP contribution in [-0.4, -0.2) is 28.9 Å². The number of nitrogens with one attached hydrogen (secondary N) is 1. The second kappa shape index (κ2) is 5.77. The zero-order chi connectivity index (χ0) is 14.7. The van der Waals surface area contributed by atoms with Gasteiger partial charge in [-0.3, -0.25) is 9.63 Å². The van der Waals surface area contributed by atoms with E-state index >= 15 is 0 Å². The van der Waals surface area contributed by atoms with E-state index in [0.29, 0.717) is 17.6 Å². The van der Waals surface area contributed by atoms with Crippen molar-refractivity contribution in [1.29, 1.82) is 0 Å². The van der Waals surface area contributed by atoms with Crippen molar-refractivity contribution >= 4 is 12.5 Å². The highest BCUT2D eigenvalue weighted by Gasteiger charge is 2.32.